The summed E-state index contributed by atoms with van der Waals surface area (Å²) >= 11 is 0. The Balaban J connectivity index is 1.89. The maximum Gasteiger partial charge on any atom is 0.333 e. The second kappa shape index (κ2) is 19.4. The zero-order chi connectivity index (χ0) is 33.4. The molecule has 0 atom stereocenters. The van der Waals surface area contributed by atoms with Gasteiger partial charge >= 0.3 is 5.97 Å². The fourth-order valence-electron chi connectivity index (χ4n) is 6.12. The van der Waals surface area contributed by atoms with E-state index in [4.69, 9.17) is 9.47 Å². The fraction of sp³-hybridized carbons (Fsp3) is 0.462. The van der Waals surface area contributed by atoms with Crippen molar-refractivity contribution in [3.05, 3.63) is 89.5 Å². The number of hydrogen-bond acceptors (Lipinski definition) is 6. The molecule has 0 aromatic heterocycles. The van der Waals surface area contributed by atoms with E-state index in [-0.39, 0.29) is 33.0 Å². The van der Waals surface area contributed by atoms with Crippen LogP contribution in [0, 0.1) is 0 Å². The number of carbonyl (C=O) groups is 1. The van der Waals surface area contributed by atoms with Gasteiger partial charge in [-0.2, -0.15) is 0 Å². The highest BCUT2D eigenvalue weighted by Crippen LogP contribution is 2.35. The van der Waals surface area contributed by atoms with Gasteiger partial charge in [0.2, 0.25) is 0 Å². The summed E-state index contributed by atoms with van der Waals surface area (Å²) in [5.41, 5.74) is 8.62. The van der Waals surface area contributed by atoms with E-state index in [1.807, 2.05) is 0 Å². The number of carbonyl (C=O) groups excluding carboxylic acids is 1. The molecule has 0 saturated carbocycles. The first-order valence-corrected chi connectivity index (χ1v) is 19.8. The van der Waals surface area contributed by atoms with Crippen LogP contribution < -0.4 is 4.74 Å². The zero-order valence-corrected chi connectivity index (χ0v) is 29.2. The molecule has 3 aromatic rings. The zero-order valence-electron chi connectivity index (χ0n) is 28.2. The molecule has 0 aliphatic carbocycles. The van der Waals surface area contributed by atoms with Crippen molar-refractivity contribution in [2.45, 2.75) is 83.5 Å². The molecule has 250 valence electrons. The van der Waals surface area contributed by atoms with Crippen LogP contribution in [0.3, 0.4) is 0 Å². The van der Waals surface area contributed by atoms with Gasteiger partial charge in [0.1, 0.15) is 19.0 Å². The number of aliphatic hydroxyl groups excluding tert-OH is 3. The highest BCUT2D eigenvalue weighted by molar-refractivity contribution is 6.80. The first-order chi connectivity index (χ1) is 22.3. The van der Waals surface area contributed by atoms with Crippen molar-refractivity contribution in [2.75, 3.05) is 33.0 Å². The molecule has 0 bridgehead atoms. The maximum atomic E-state index is 11.9. The molecule has 3 N–H and O–H groups in total. The van der Waals surface area contributed by atoms with E-state index in [1.54, 1.807) is 6.92 Å². The highest BCUT2D eigenvalue weighted by atomic mass is 28.3. The number of benzene rings is 3. The minimum atomic E-state index is -2.09. The number of aryl methyl sites for hydroxylation is 3. The summed E-state index contributed by atoms with van der Waals surface area (Å²) < 4.78 is 11.5. The third-order valence-corrected chi connectivity index (χ3v) is 14.2. The third-order valence-electron chi connectivity index (χ3n) is 8.99. The summed E-state index contributed by atoms with van der Waals surface area (Å²) in [7, 11) is -2.09. The normalized spacial score (nSPS) is 11.4. The van der Waals surface area contributed by atoms with E-state index in [1.165, 1.54) is 41.5 Å². The van der Waals surface area contributed by atoms with Gasteiger partial charge in [-0.25, -0.2) is 4.79 Å². The summed E-state index contributed by atoms with van der Waals surface area (Å²) in [5, 5.41) is 29.4. The van der Waals surface area contributed by atoms with Crippen molar-refractivity contribution >= 4 is 14.0 Å². The predicted molar refractivity (Wildman–Crippen MR) is 191 cm³/mol. The van der Waals surface area contributed by atoms with Crippen molar-refractivity contribution < 1.29 is 29.6 Å². The smallest absolute Gasteiger partial charge is 0.333 e. The van der Waals surface area contributed by atoms with E-state index in [2.05, 4.69) is 81.1 Å². The third kappa shape index (κ3) is 10.9. The van der Waals surface area contributed by atoms with Crippen molar-refractivity contribution in [3.63, 3.8) is 0 Å². The van der Waals surface area contributed by atoms with Gasteiger partial charge in [0.05, 0.1) is 8.07 Å². The fourth-order valence-corrected chi connectivity index (χ4v) is 9.85. The van der Waals surface area contributed by atoms with Gasteiger partial charge in [-0.15, -0.1) is 0 Å². The van der Waals surface area contributed by atoms with Crippen LogP contribution in [0.2, 0.25) is 24.2 Å². The number of esters is 1. The van der Waals surface area contributed by atoms with Crippen molar-refractivity contribution in [3.8, 4) is 28.0 Å². The molecule has 3 aromatic carbocycles. The topological polar surface area (TPSA) is 96.2 Å². The van der Waals surface area contributed by atoms with Gasteiger partial charge < -0.3 is 24.8 Å². The van der Waals surface area contributed by atoms with Crippen LogP contribution in [0.15, 0.2) is 72.8 Å². The monoisotopic (exact) mass is 646 g/mol. The van der Waals surface area contributed by atoms with Crippen LogP contribution in [0.5, 0.6) is 5.75 Å². The van der Waals surface area contributed by atoms with Crippen LogP contribution in [-0.2, 0) is 28.8 Å². The van der Waals surface area contributed by atoms with E-state index < -0.39 is 14.0 Å². The Hall–Kier alpha value is -3.23. The van der Waals surface area contributed by atoms with Gasteiger partial charge in [-0.1, -0.05) is 93.9 Å². The Bertz CT molecular complexity index is 1370. The number of rotatable bonds is 21. The summed E-state index contributed by atoms with van der Waals surface area (Å²) in [6, 6.07) is 24.7. The Kier molecular flexibility index (Phi) is 15.7. The molecule has 0 fully saturated rings. The Morgan fingerprint density at radius 1 is 0.739 bits per heavy atom. The summed E-state index contributed by atoms with van der Waals surface area (Å²) in [4.78, 5) is 11.9. The lowest BCUT2D eigenvalue weighted by Crippen LogP contribution is -2.37. The SMILES string of the molecule is C=C(C)C(=O)OCCOc1cc(-c2ccc(-c3ccc(CCCCC)cc3)cc2CC)ccc1CC[Si](CCO)(CCO)CCO. The summed E-state index contributed by atoms with van der Waals surface area (Å²) in [6.45, 7) is 10.2. The van der Waals surface area contributed by atoms with Crippen LogP contribution in [0.25, 0.3) is 22.3 Å². The predicted octanol–water partition coefficient (Wildman–Crippen LogP) is 7.78. The van der Waals surface area contributed by atoms with Gasteiger partial charge in [0, 0.05) is 25.4 Å². The van der Waals surface area contributed by atoms with E-state index in [0.29, 0.717) is 30.1 Å². The van der Waals surface area contributed by atoms with Crippen molar-refractivity contribution in [1.29, 1.82) is 0 Å². The molecule has 0 radical (unpaired) electrons. The average Bonchev–Trinajstić information content (AvgIpc) is 3.06. The molecule has 0 amide bonds. The summed E-state index contributed by atoms with van der Waals surface area (Å²) in [6.07, 6.45) is 6.43. The van der Waals surface area contributed by atoms with Gasteiger partial charge in [-0.05, 0) is 95.7 Å². The second-order valence-electron chi connectivity index (χ2n) is 12.4. The number of aliphatic hydroxyl groups is 3. The van der Waals surface area contributed by atoms with Gasteiger partial charge in [0.15, 0.2) is 0 Å². The molecule has 6 nitrogen and oxygen atoms in total. The van der Waals surface area contributed by atoms with E-state index >= 15 is 0 Å². The molecular weight excluding hydrogens is 593 g/mol. The average molecular weight is 647 g/mol. The molecule has 0 aliphatic heterocycles. The number of ether oxygens (including phenoxy) is 2. The molecule has 0 saturated heterocycles. The standard InChI is InChI=1S/C39H54O6Si/c1-5-7-8-9-31-10-12-33(13-11-31)35-16-17-37(32(6-2)28-35)36-15-14-34(18-24-46(25-19-40,26-20-41)27-21-42)38(29-36)44-22-23-45-39(43)30(3)4/h10-17,28-29,40-42H,3,5-9,18-27H2,1-2,4H3. The molecule has 3 rings (SSSR count). The lowest BCUT2D eigenvalue weighted by Gasteiger charge is -2.30. The Labute approximate surface area is 277 Å². The quantitative estimate of drug-likeness (QED) is 0.0474. The first kappa shape index (κ1) is 37.2. The highest BCUT2D eigenvalue weighted by Gasteiger charge is 2.31. The largest absolute Gasteiger partial charge is 0.490 e. The molecule has 0 heterocycles. The molecular formula is C39H54O6Si. The second-order valence-corrected chi connectivity index (χ2v) is 17.4. The number of hydrogen-bond donors (Lipinski definition) is 3. The molecule has 0 spiro atoms. The van der Waals surface area contributed by atoms with Crippen molar-refractivity contribution in [1.82, 2.24) is 0 Å². The lowest BCUT2D eigenvalue weighted by molar-refractivity contribution is -0.139. The van der Waals surface area contributed by atoms with Gasteiger partial charge in [0.25, 0.3) is 0 Å². The summed E-state index contributed by atoms with van der Waals surface area (Å²) in [5.74, 6) is 0.290. The molecule has 7 heteroatoms. The van der Waals surface area contributed by atoms with Crippen LogP contribution in [0.1, 0.15) is 56.7 Å². The lowest BCUT2D eigenvalue weighted by atomic mass is 9.92. The molecule has 0 aliphatic rings. The molecule has 0 unspecified atom stereocenters. The number of unbranched alkanes of at least 4 members (excludes halogenated alkanes) is 2. The maximum absolute atomic E-state index is 11.9. The van der Waals surface area contributed by atoms with E-state index in [0.717, 1.165) is 41.3 Å². The van der Waals surface area contributed by atoms with Crippen LogP contribution in [0.4, 0.5) is 0 Å². The Morgan fingerprint density at radius 2 is 1.39 bits per heavy atom. The van der Waals surface area contributed by atoms with Crippen LogP contribution >= 0.6 is 0 Å². The van der Waals surface area contributed by atoms with Gasteiger partial charge in [-0.3, -0.25) is 0 Å². The Morgan fingerprint density at radius 3 is 2.00 bits per heavy atom. The van der Waals surface area contributed by atoms with E-state index in [9.17, 15) is 20.1 Å². The van der Waals surface area contributed by atoms with Crippen molar-refractivity contribution in [2.24, 2.45) is 0 Å². The molecule has 46 heavy (non-hydrogen) atoms. The van der Waals surface area contributed by atoms with Crippen LogP contribution in [-0.4, -0.2) is 62.4 Å². The first-order valence-electron chi connectivity index (χ1n) is 16.9. The minimum Gasteiger partial charge on any atom is -0.490 e. The minimum absolute atomic E-state index is 0.0570.